The Labute approximate surface area is 175 Å². The molecule has 0 bridgehead atoms. The lowest BCUT2D eigenvalue weighted by molar-refractivity contribution is 0.0980. The number of amides is 1. The van der Waals surface area contributed by atoms with Gasteiger partial charge < -0.3 is 10.2 Å². The number of para-hydroxylation sites is 1. The van der Waals surface area contributed by atoms with Crippen molar-refractivity contribution in [2.75, 3.05) is 10.2 Å². The topological polar surface area (TPSA) is 71.0 Å². The van der Waals surface area contributed by atoms with Crippen LogP contribution < -0.4 is 10.2 Å². The van der Waals surface area contributed by atoms with E-state index in [-0.39, 0.29) is 5.91 Å². The Balaban J connectivity index is 1.56. The van der Waals surface area contributed by atoms with Crippen molar-refractivity contribution >= 4 is 17.5 Å². The van der Waals surface area contributed by atoms with Gasteiger partial charge in [0.15, 0.2) is 0 Å². The number of carbonyl (C=O) groups excluding carboxylic acids is 1. The Morgan fingerprint density at radius 1 is 0.800 bits per heavy atom. The van der Waals surface area contributed by atoms with E-state index < -0.39 is 0 Å². The summed E-state index contributed by atoms with van der Waals surface area (Å²) in [6.45, 7) is 1.00. The average molecular weight is 395 g/mol. The highest BCUT2D eigenvalue weighted by molar-refractivity contribution is 6.04. The van der Waals surface area contributed by atoms with Crippen LogP contribution in [0.25, 0.3) is 0 Å². The lowest BCUT2D eigenvalue weighted by Crippen LogP contribution is -2.31. The lowest BCUT2D eigenvalue weighted by Gasteiger charge is -2.23. The standard InChI is InChI=1S/C24H21N5O/c30-23(22-13-16-26-24(28-22)27-17-19-11-14-25-15-12-19)29(21-9-5-2-6-10-21)18-20-7-3-1-4-8-20/h1-16H,17-18H2,(H,26,27,28). The second-order valence-corrected chi connectivity index (χ2v) is 6.69. The van der Waals surface area contributed by atoms with Crippen LogP contribution >= 0.6 is 0 Å². The molecular weight excluding hydrogens is 374 g/mol. The molecule has 0 fully saturated rings. The van der Waals surface area contributed by atoms with Crippen molar-refractivity contribution in [2.45, 2.75) is 13.1 Å². The summed E-state index contributed by atoms with van der Waals surface area (Å²) in [6.07, 6.45) is 5.07. The van der Waals surface area contributed by atoms with Crippen molar-refractivity contribution in [3.05, 3.63) is 114 Å². The number of benzene rings is 2. The molecule has 2 heterocycles. The van der Waals surface area contributed by atoms with Crippen LogP contribution in [0.4, 0.5) is 11.6 Å². The van der Waals surface area contributed by atoms with Gasteiger partial charge in [-0.1, -0.05) is 48.5 Å². The van der Waals surface area contributed by atoms with E-state index in [1.807, 2.05) is 72.8 Å². The molecule has 30 heavy (non-hydrogen) atoms. The van der Waals surface area contributed by atoms with Crippen LogP contribution in [0.5, 0.6) is 0 Å². The van der Waals surface area contributed by atoms with Gasteiger partial charge in [0.1, 0.15) is 5.69 Å². The highest BCUT2D eigenvalue weighted by atomic mass is 16.2. The highest BCUT2D eigenvalue weighted by Gasteiger charge is 2.20. The first-order valence-corrected chi connectivity index (χ1v) is 9.66. The third kappa shape index (κ3) is 4.86. The van der Waals surface area contributed by atoms with Gasteiger partial charge in [0.25, 0.3) is 5.91 Å². The summed E-state index contributed by atoms with van der Waals surface area (Å²) in [5.74, 6) is 0.227. The minimum atomic E-state index is -0.181. The van der Waals surface area contributed by atoms with Crippen molar-refractivity contribution in [3.63, 3.8) is 0 Å². The van der Waals surface area contributed by atoms with E-state index in [1.54, 1.807) is 29.6 Å². The van der Waals surface area contributed by atoms with Crippen LogP contribution in [-0.2, 0) is 13.1 Å². The summed E-state index contributed by atoms with van der Waals surface area (Å²) in [5, 5.41) is 3.16. The van der Waals surface area contributed by atoms with Crippen LogP contribution in [0.3, 0.4) is 0 Å². The number of hydrogen-bond donors (Lipinski definition) is 1. The molecule has 0 spiro atoms. The maximum atomic E-state index is 13.4. The van der Waals surface area contributed by atoms with Crippen molar-refractivity contribution in [3.8, 4) is 0 Å². The van der Waals surface area contributed by atoms with Gasteiger partial charge in [-0.25, -0.2) is 9.97 Å². The third-order valence-electron chi connectivity index (χ3n) is 4.57. The normalized spacial score (nSPS) is 10.4. The van der Waals surface area contributed by atoms with Gasteiger partial charge in [0.05, 0.1) is 6.54 Å². The molecule has 0 unspecified atom stereocenters. The first kappa shape index (κ1) is 19.3. The molecule has 1 amide bonds. The van der Waals surface area contributed by atoms with E-state index in [1.165, 1.54) is 0 Å². The fraction of sp³-hybridized carbons (Fsp3) is 0.0833. The first-order chi connectivity index (χ1) is 14.8. The molecule has 0 aliphatic carbocycles. The summed E-state index contributed by atoms with van der Waals surface area (Å²) in [7, 11) is 0. The monoisotopic (exact) mass is 395 g/mol. The van der Waals surface area contributed by atoms with Crippen LogP contribution in [0.1, 0.15) is 21.6 Å². The number of carbonyl (C=O) groups is 1. The van der Waals surface area contributed by atoms with E-state index >= 15 is 0 Å². The molecule has 0 aliphatic rings. The van der Waals surface area contributed by atoms with E-state index in [0.29, 0.717) is 24.7 Å². The van der Waals surface area contributed by atoms with Crippen molar-refractivity contribution < 1.29 is 4.79 Å². The van der Waals surface area contributed by atoms with Gasteiger partial charge in [-0.2, -0.15) is 0 Å². The molecule has 6 heteroatoms. The van der Waals surface area contributed by atoms with Gasteiger partial charge in [0, 0.05) is 30.8 Å². The smallest absolute Gasteiger partial charge is 0.277 e. The minimum absolute atomic E-state index is 0.181. The van der Waals surface area contributed by atoms with E-state index in [9.17, 15) is 4.79 Å². The zero-order chi connectivity index (χ0) is 20.6. The van der Waals surface area contributed by atoms with Gasteiger partial charge in [0.2, 0.25) is 5.95 Å². The fourth-order valence-electron chi connectivity index (χ4n) is 3.04. The molecule has 0 saturated heterocycles. The molecule has 4 aromatic rings. The van der Waals surface area contributed by atoms with Crippen molar-refractivity contribution in [2.24, 2.45) is 0 Å². The molecule has 2 aromatic carbocycles. The Morgan fingerprint density at radius 2 is 1.50 bits per heavy atom. The highest BCUT2D eigenvalue weighted by Crippen LogP contribution is 2.20. The van der Waals surface area contributed by atoms with Crippen LogP contribution in [0, 0.1) is 0 Å². The molecule has 2 aromatic heterocycles. The maximum absolute atomic E-state index is 13.4. The zero-order valence-corrected chi connectivity index (χ0v) is 16.3. The summed E-state index contributed by atoms with van der Waals surface area (Å²) in [5.41, 5.74) is 3.25. The SMILES string of the molecule is O=C(c1ccnc(NCc2ccncc2)n1)N(Cc1ccccc1)c1ccccc1. The number of nitrogens with one attached hydrogen (secondary N) is 1. The zero-order valence-electron chi connectivity index (χ0n) is 16.3. The summed E-state index contributed by atoms with van der Waals surface area (Å²) < 4.78 is 0. The number of pyridine rings is 1. The Kier molecular flexibility index (Phi) is 6.05. The Bertz CT molecular complexity index is 1090. The largest absolute Gasteiger partial charge is 0.350 e. The molecule has 4 rings (SSSR count). The molecular formula is C24H21N5O. The summed E-state index contributed by atoms with van der Waals surface area (Å²) in [6, 6.07) is 25.0. The van der Waals surface area contributed by atoms with Crippen molar-refractivity contribution in [1.82, 2.24) is 15.0 Å². The van der Waals surface area contributed by atoms with Crippen LogP contribution in [0.15, 0.2) is 97.5 Å². The lowest BCUT2D eigenvalue weighted by atomic mass is 10.2. The van der Waals surface area contributed by atoms with E-state index in [4.69, 9.17) is 0 Å². The minimum Gasteiger partial charge on any atom is -0.350 e. The predicted octanol–water partition coefficient (Wildman–Crippen LogP) is 4.33. The number of aromatic nitrogens is 3. The summed E-state index contributed by atoms with van der Waals surface area (Å²) in [4.78, 5) is 27.8. The third-order valence-corrected chi connectivity index (χ3v) is 4.57. The number of anilines is 2. The number of hydrogen-bond acceptors (Lipinski definition) is 5. The molecule has 1 N–H and O–H groups in total. The van der Waals surface area contributed by atoms with Gasteiger partial charge in [-0.15, -0.1) is 0 Å². The van der Waals surface area contributed by atoms with E-state index in [0.717, 1.165) is 16.8 Å². The molecule has 0 aliphatic heterocycles. The molecule has 0 radical (unpaired) electrons. The average Bonchev–Trinajstić information content (AvgIpc) is 2.83. The van der Waals surface area contributed by atoms with Crippen LogP contribution in [0.2, 0.25) is 0 Å². The second-order valence-electron chi connectivity index (χ2n) is 6.69. The van der Waals surface area contributed by atoms with Gasteiger partial charge >= 0.3 is 0 Å². The van der Waals surface area contributed by atoms with Crippen molar-refractivity contribution in [1.29, 1.82) is 0 Å². The Hall–Kier alpha value is -4.06. The molecule has 6 nitrogen and oxygen atoms in total. The second kappa shape index (κ2) is 9.43. The van der Waals surface area contributed by atoms with Crippen LogP contribution in [-0.4, -0.2) is 20.9 Å². The first-order valence-electron chi connectivity index (χ1n) is 9.66. The molecule has 0 saturated carbocycles. The predicted molar refractivity (Wildman–Crippen MR) is 117 cm³/mol. The number of rotatable bonds is 7. The molecule has 0 atom stereocenters. The van der Waals surface area contributed by atoms with Gasteiger partial charge in [-0.3, -0.25) is 9.78 Å². The summed E-state index contributed by atoms with van der Waals surface area (Å²) >= 11 is 0. The van der Waals surface area contributed by atoms with E-state index in [2.05, 4.69) is 20.3 Å². The molecule has 148 valence electrons. The van der Waals surface area contributed by atoms with Gasteiger partial charge in [-0.05, 0) is 41.5 Å². The Morgan fingerprint density at radius 3 is 2.23 bits per heavy atom. The number of nitrogens with zero attached hydrogens (tertiary/aromatic N) is 4. The maximum Gasteiger partial charge on any atom is 0.277 e. The quantitative estimate of drug-likeness (QED) is 0.504. The fourth-order valence-corrected chi connectivity index (χ4v) is 3.04.